The van der Waals surface area contributed by atoms with Gasteiger partial charge in [-0.3, -0.25) is 4.99 Å². The lowest BCUT2D eigenvalue weighted by molar-refractivity contribution is 0.795. The van der Waals surface area contributed by atoms with E-state index < -0.39 is 0 Å². The van der Waals surface area contributed by atoms with Crippen LogP contribution in [0.25, 0.3) is 33.2 Å². The van der Waals surface area contributed by atoms with Crippen molar-refractivity contribution in [2.24, 2.45) is 10.9 Å². The summed E-state index contributed by atoms with van der Waals surface area (Å²) < 4.78 is 0. The van der Waals surface area contributed by atoms with Crippen molar-refractivity contribution in [3.05, 3.63) is 72.2 Å². The Morgan fingerprint density at radius 3 is 2.23 bits per heavy atom. The monoisotopic (exact) mass is 393 g/mol. The second-order valence-corrected chi connectivity index (χ2v) is 8.85. The Kier molecular flexibility index (Phi) is 4.54. The highest BCUT2D eigenvalue weighted by atomic mass is 14.9. The van der Waals surface area contributed by atoms with Gasteiger partial charge in [0.25, 0.3) is 0 Å². The average molecular weight is 394 g/mol. The zero-order valence-corrected chi connectivity index (χ0v) is 18.0. The number of H-pyrrole nitrogens is 1. The van der Waals surface area contributed by atoms with Crippen LogP contribution in [0.5, 0.6) is 0 Å². The van der Waals surface area contributed by atoms with Gasteiger partial charge in [0.1, 0.15) is 5.82 Å². The Labute approximate surface area is 177 Å². The number of nitrogens with zero attached hydrogens (tertiary/aromatic N) is 2. The zero-order chi connectivity index (χ0) is 20.8. The summed E-state index contributed by atoms with van der Waals surface area (Å²) in [5, 5.41) is 2.61. The van der Waals surface area contributed by atoms with Crippen molar-refractivity contribution in [2.75, 3.05) is 0 Å². The van der Waals surface area contributed by atoms with Gasteiger partial charge in [-0.1, -0.05) is 70.2 Å². The standard InChI is InChI=1S/C27H27N3/c1-16(2)25-14-23-22-11-9-20(13-21(22)10-12-24(23)29-25)18-5-7-19(8-6-18)26-15-28-27(30-26)17(3)4/h5-13,15-17H,14H2,1-4H3,(H,28,30). The van der Waals surface area contributed by atoms with Crippen LogP contribution >= 0.6 is 0 Å². The highest BCUT2D eigenvalue weighted by Gasteiger charge is 2.19. The topological polar surface area (TPSA) is 41.0 Å². The summed E-state index contributed by atoms with van der Waals surface area (Å²) in [5.74, 6) is 1.93. The molecule has 0 aliphatic carbocycles. The summed E-state index contributed by atoms with van der Waals surface area (Å²) >= 11 is 0. The predicted octanol–water partition coefficient (Wildman–Crippen LogP) is 7.30. The first-order valence-electron chi connectivity index (χ1n) is 10.8. The van der Waals surface area contributed by atoms with E-state index in [4.69, 9.17) is 4.99 Å². The molecule has 0 unspecified atom stereocenters. The lowest BCUT2D eigenvalue weighted by Crippen LogP contribution is -2.06. The molecule has 0 saturated heterocycles. The molecular formula is C27H27N3. The molecule has 1 N–H and O–H groups in total. The van der Waals surface area contributed by atoms with Gasteiger partial charge in [0, 0.05) is 18.1 Å². The molecule has 4 aromatic rings. The smallest absolute Gasteiger partial charge is 0.109 e. The number of benzene rings is 3. The predicted molar refractivity (Wildman–Crippen MR) is 127 cm³/mol. The minimum Gasteiger partial charge on any atom is -0.342 e. The van der Waals surface area contributed by atoms with Gasteiger partial charge in [0.15, 0.2) is 0 Å². The molecular weight excluding hydrogens is 366 g/mol. The van der Waals surface area contributed by atoms with E-state index in [0.717, 1.165) is 29.2 Å². The Morgan fingerprint density at radius 2 is 1.53 bits per heavy atom. The molecule has 30 heavy (non-hydrogen) atoms. The molecule has 3 heteroatoms. The van der Waals surface area contributed by atoms with Crippen molar-refractivity contribution in [1.82, 2.24) is 9.97 Å². The van der Waals surface area contributed by atoms with Crippen molar-refractivity contribution in [2.45, 2.75) is 40.0 Å². The number of rotatable bonds is 4. The van der Waals surface area contributed by atoms with Gasteiger partial charge < -0.3 is 4.98 Å². The zero-order valence-electron chi connectivity index (χ0n) is 18.0. The van der Waals surface area contributed by atoms with Crippen molar-refractivity contribution in [3.8, 4) is 22.4 Å². The molecule has 1 aliphatic heterocycles. The molecule has 2 heterocycles. The minimum absolute atomic E-state index is 0.402. The van der Waals surface area contributed by atoms with Gasteiger partial charge in [-0.05, 0) is 51.1 Å². The van der Waals surface area contributed by atoms with Crippen LogP contribution in [-0.4, -0.2) is 15.7 Å². The number of nitrogens with one attached hydrogen (secondary N) is 1. The van der Waals surface area contributed by atoms with Crippen LogP contribution in [-0.2, 0) is 6.42 Å². The summed E-state index contributed by atoms with van der Waals surface area (Å²) in [6, 6.07) is 19.9. The van der Waals surface area contributed by atoms with E-state index in [9.17, 15) is 0 Å². The van der Waals surface area contributed by atoms with E-state index >= 15 is 0 Å². The fourth-order valence-corrected chi connectivity index (χ4v) is 4.18. The summed E-state index contributed by atoms with van der Waals surface area (Å²) in [6.07, 6.45) is 2.90. The SMILES string of the molecule is CC(C)C1=Nc2ccc3cc(-c4ccc(-c5cnc(C(C)C)[nH]5)cc4)ccc3c2C1. The number of aromatic nitrogens is 2. The van der Waals surface area contributed by atoms with Crippen LogP contribution in [0.3, 0.4) is 0 Å². The Hall–Kier alpha value is -3.20. The van der Waals surface area contributed by atoms with Gasteiger partial charge >= 0.3 is 0 Å². The molecule has 0 atom stereocenters. The van der Waals surface area contributed by atoms with Gasteiger partial charge in [0.05, 0.1) is 17.6 Å². The molecule has 0 spiro atoms. The Bertz CT molecular complexity index is 1260. The first kappa shape index (κ1) is 18.8. The molecule has 0 saturated carbocycles. The highest BCUT2D eigenvalue weighted by molar-refractivity contribution is 6.03. The van der Waals surface area contributed by atoms with E-state index in [1.165, 1.54) is 33.2 Å². The molecule has 1 aromatic heterocycles. The molecule has 0 amide bonds. The fourth-order valence-electron chi connectivity index (χ4n) is 4.18. The molecule has 1 aliphatic rings. The fraction of sp³-hybridized carbons (Fsp3) is 0.259. The molecule has 5 rings (SSSR count). The molecule has 3 aromatic carbocycles. The third kappa shape index (κ3) is 3.24. The molecule has 150 valence electrons. The molecule has 3 nitrogen and oxygen atoms in total. The maximum atomic E-state index is 4.84. The largest absolute Gasteiger partial charge is 0.342 e. The van der Waals surface area contributed by atoms with E-state index in [1.807, 2.05) is 6.20 Å². The Morgan fingerprint density at radius 1 is 0.800 bits per heavy atom. The van der Waals surface area contributed by atoms with E-state index in [1.54, 1.807) is 0 Å². The summed E-state index contributed by atoms with van der Waals surface area (Å²) in [4.78, 5) is 12.8. The van der Waals surface area contributed by atoms with Crippen LogP contribution in [0, 0.1) is 5.92 Å². The minimum atomic E-state index is 0.402. The number of aromatic amines is 1. The van der Waals surface area contributed by atoms with E-state index in [0.29, 0.717) is 11.8 Å². The quantitative estimate of drug-likeness (QED) is 0.388. The second-order valence-electron chi connectivity index (χ2n) is 8.85. The van der Waals surface area contributed by atoms with Crippen LogP contribution in [0.2, 0.25) is 0 Å². The number of aliphatic imine (C=N–C) groups is 1. The first-order valence-corrected chi connectivity index (χ1v) is 10.8. The number of imidazole rings is 1. The molecule has 0 fully saturated rings. The van der Waals surface area contributed by atoms with E-state index in [-0.39, 0.29) is 0 Å². The van der Waals surface area contributed by atoms with E-state index in [2.05, 4.69) is 92.3 Å². The lowest BCUT2D eigenvalue weighted by atomic mass is 9.94. The molecule has 0 radical (unpaired) electrons. The number of fused-ring (bicyclic) bond motifs is 3. The maximum absolute atomic E-state index is 4.84. The number of hydrogen-bond donors (Lipinski definition) is 1. The third-order valence-corrected chi connectivity index (χ3v) is 6.07. The van der Waals surface area contributed by atoms with Crippen molar-refractivity contribution in [1.29, 1.82) is 0 Å². The summed E-state index contributed by atoms with van der Waals surface area (Å²) in [7, 11) is 0. The maximum Gasteiger partial charge on any atom is 0.109 e. The van der Waals surface area contributed by atoms with Gasteiger partial charge in [-0.2, -0.15) is 0 Å². The van der Waals surface area contributed by atoms with Gasteiger partial charge in [-0.25, -0.2) is 4.98 Å². The highest BCUT2D eigenvalue weighted by Crippen LogP contribution is 2.36. The van der Waals surface area contributed by atoms with Crippen molar-refractivity contribution in [3.63, 3.8) is 0 Å². The lowest BCUT2D eigenvalue weighted by Gasteiger charge is -2.09. The van der Waals surface area contributed by atoms with Crippen LogP contribution in [0.4, 0.5) is 5.69 Å². The second kappa shape index (κ2) is 7.24. The Balaban J connectivity index is 1.45. The molecule has 0 bridgehead atoms. The van der Waals surface area contributed by atoms with Gasteiger partial charge in [0.2, 0.25) is 0 Å². The number of hydrogen-bond acceptors (Lipinski definition) is 2. The van der Waals surface area contributed by atoms with Crippen LogP contribution in [0.15, 0.2) is 65.8 Å². The third-order valence-electron chi connectivity index (χ3n) is 6.07. The van der Waals surface area contributed by atoms with Crippen LogP contribution < -0.4 is 0 Å². The normalized spacial score (nSPS) is 13.3. The van der Waals surface area contributed by atoms with Gasteiger partial charge in [-0.15, -0.1) is 0 Å². The van der Waals surface area contributed by atoms with Crippen molar-refractivity contribution < 1.29 is 0 Å². The summed E-state index contributed by atoms with van der Waals surface area (Å²) in [6.45, 7) is 8.75. The van der Waals surface area contributed by atoms with Crippen LogP contribution in [0.1, 0.15) is 45.0 Å². The van der Waals surface area contributed by atoms with Crippen molar-refractivity contribution >= 4 is 22.2 Å². The average Bonchev–Trinajstić information content (AvgIpc) is 3.41. The first-order chi connectivity index (χ1) is 14.5. The summed E-state index contributed by atoms with van der Waals surface area (Å²) in [5.41, 5.74) is 8.50.